The van der Waals surface area contributed by atoms with Crippen LogP contribution in [0.4, 0.5) is 0 Å². The summed E-state index contributed by atoms with van der Waals surface area (Å²) in [6, 6.07) is 1.14. The van der Waals surface area contributed by atoms with Crippen molar-refractivity contribution in [2.45, 2.75) is 25.2 Å². The molecule has 0 spiro atoms. The average Bonchev–Trinajstić information content (AvgIpc) is 2.45. The van der Waals surface area contributed by atoms with E-state index in [1.807, 2.05) is 0 Å². The number of ketones is 1. The summed E-state index contributed by atoms with van der Waals surface area (Å²) < 4.78 is 10.2. The number of phenols is 2. The third-order valence-corrected chi connectivity index (χ3v) is 4.49. The maximum Gasteiger partial charge on any atom is 0.172 e. The minimum absolute atomic E-state index is 0.0274. The van der Waals surface area contributed by atoms with Crippen LogP contribution in [0.2, 0.25) is 0 Å². The second-order valence-corrected chi connectivity index (χ2v) is 6.00. The van der Waals surface area contributed by atoms with Crippen molar-refractivity contribution in [1.82, 2.24) is 0 Å². The summed E-state index contributed by atoms with van der Waals surface area (Å²) in [7, 11) is 1.31. The number of fused-ring (bicyclic) bond motifs is 2. The smallest absolute Gasteiger partial charge is 0.172 e. The van der Waals surface area contributed by atoms with Crippen molar-refractivity contribution in [3.05, 3.63) is 17.2 Å². The number of carbonyl (C=O) groups is 1. The Labute approximate surface area is 126 Å². The fourth-order valence-electron chi connectivity index (χ4n) is 3.39. The van der Waals surface area contributed by atoms with Gasteiger partial charge in [0.1, 0.15) is 5.75 Å². The van der Waals surface area contributed by atoms with E-state index in [2.05, 4.69) is 0 Å². The largest absolute Gasteiger partial charge is 0.507 e. The summed E-state index contributed by atoms with van der Waals surface area (Å²) in [5.74, 6) is -3.92. The molecule has 3 rings (SSSR count). The first-order chi connectivity index (χ1) is 10.3. The molecule has 4 N–H and O–H groups in total. The Balaban J connectivity index is 2.17. The molecule has 1 fully saturated rings. The van der Waals surface area contributed by atoms with Gasteiger partial charge in [-0.05, 0) is 6.92 Å². The van der Waals surface area contributed by atoms with E-state index in [1.54, 1.807) is 0 Å². The van der Waals surface area contributed by atoms with Crippen LogP contribution in [-0.2, 0) is 4.74 Å². The van der Waals surface area contributed by atoms with E-state index in [-0.39, 0.29) is 41.4 Å². The van der Waals surface area contributed by atoms with E-state index in [1.165, 1.54) is 14.0 Å². The van der Waals surface area contributed by atoms with Gasteiger partial charge in [-0.15, -0.1) is 0 Å². The second kappa shape index (κ2) is 4.84. The maximum absolute atomic E-state index is 12.6. The summed E-state index contributed by atoms with van der Waals surface area (Å²) in [4.78, 5) is 12.6. The molecule has 0 saturated carbocycles. The minimum atomic E-state index is -1.45. The van der Waals surface area contributed by atoms with Crippen molar-refractivity contribution in [2.24, 2.45) is 11.8 Å². The van der Waals surface area contributed by atoms with Gasteiger partial charge in [-0.25, -0.2) is 0 Å². The lowest BCUT2D eigenvalue weighted by Gasteiger charge is -2.44. The highest BCUT2D eigenvalue weighted by atomic mass is 16.6. The standard InChI is InChI=1S/C15H18O7/c1-15(20)4-6-7(5-22-15)13(18)10-8(16)3-9(21-2)14(19)11(10)12(6)17/h3,6-7,12,16-17,19-20H,4-5H2,1-2H3/t6-,7+,12+,15+/m0/s1. The molecule has 0 bridgehead atoms. The summed E-state index contributed by atoms with van der Waals surface area (Å²) >= 11 is 0. The van der Waals surface area contributed by atoms with Crippen molar-refractivity contribution in [2.75, 3.05) is 13.7 Å². The lowest BCUT2D eigenvalue weighted by molar-refractivity contribution is -0.242. The average molecular weight is 310 g/mol. The number of aromatic hydroxyl groups is 2. The second-order valence-electron chi connectivity index (χ2n) is 6.00. The number of aliphatic hydroxyl groups is 2. The molecule has 0 amide bonds. The fraction of sp³-hybridized carbons (Fsp3) is 0.533. The van der Waals surface area contributed by atoms with Gasteiger partial charge in [0, 0.05) is 24.0 Å². The summed E-state index contributed by atoms with van der Waals surface area (Å²) in [6.45, 7) is 1.40. The van der Waals surface area contributed by atoms with Crippen LogP contribution in [-0.4, -0.2) is 45.7 Å². The van der Waals surface area contributed by atoms with Gasteiger partial charge in [0.15, 0.2) is 23.1 Å². The molecule has 1 aromatic carbocycles. The normalized spacial score (nSPS) is 34.0. The first-order valence-corrected chi connectivity index (χ1v) is 6.98. The van der Waals surface area contributed by atoms with Gasteiger partial charge in [-0.1, -0.05) is 0 Å². The highest BCUT2D eigenvalue weighted by Crippen LogP contribution is 2.52. The number of ether oxygens (including phenoxy) is 2. The van der Waals surface area contributed by atoms with Crippen LogP contribution < -0.4 is 4.74 Å². The van der Waals surface area contributed by atoms with Crippen molar-refractivity contribution >= 4 is 5.78 Å². The molecule has 1 saturated heterocycles. The number of rotatable bonds is 1. The van der Waals surface area contributed by atoms with Gasteiger partial charge in [0.2, 0.25) is 0 Å². The van der Waals surface area contributed by atoms with Gasteiger partial charge in [0.05, 0.1) is 31.3 Å². The number of methoxy groups -OCH3 is 1. The van der Waals surface area contributed by atoms with E-state index in [9.17, 15) is 25.2 Å². The molecule has 1 aliphatic carbocycles. The first-order valence-electron chi connectivity index (χ1n) is 6.98. The molecule has 1 aromatic rings. The Morgan fingerprint density at radius 1 is 1.41 bits per heavy atom. The molecule has 22 heavy (non-hydrogen) atoms. The number of phenolic OH excluding ortho intramolecular Hbond substituents is 2. The molecule has 1 aliphatic heterocycles. The van der Waals surface area contributed by atoms with Crippen LogP contribution in [0, 0.1) is 11.8 Å². The Bertz CT molecular complexity index is 637. The third kappa shape index (κ3) is 2.05. The fourth-order valence-corrected chi connectivity index (χ4v) is 3.39. The molecular weight excluding hydrogens is 292 g/mol. The number of carbonyl (C=O) groups excluding carboxylic acids is 1. The van der Waals surface area contributed by atoms with Crippen molar-refractivity contribution in [1.29, 1.82) is 0 Å². The highest BCUT2D eigenvalue weighted by Gasteiger charge is 2.50. The zero-order valence-electron chi connectivity index (χ0n) is 12.2. The molecule has 4 atom stereocenters. The van der Waals surface area contributed by atoms with Gasteiger partial charge in [-0.2, -0.15) is 0 Å². The van der Waals surface area contributed by atoms with Crippen molar-refractivity contribution < 1.29 is 34.7 Å². The molecule has 7 heteroatoms. The number of hydrogen-bond donors (Lipinski definition) is 4. The lowest BCUT2D eigenvalue weighted by atomic mass is 9.69. The van der Waals surface area contributed by atoms with Gasteiger partial charge in [-0.3, -0.25) is 4.79 Å². The number of benzene rings is 1. The van der Waals surface area contributed by atoms with E-state index in [0.29, 0.717) is 0 Å². The molecule has 0 unspecified atom stereocenters. The van der Waals surface area contributed by atoms with E-state index in [4.69, 9.17) is 9.47 Å². The van der Waals surface area contributed by atoms with Crippen LogP contribution in [0.25, 0.3) is 0 Å². The van der Waals surface area contributed by atoms with Crippen molar-refractivity contribution in [3.63, 3.8) is 0 Å². The predicted molar refractivity (Wildman–Crippen MR) is 73.8 cm³/mol. The van der Waals surface area contributed by atoms with Gasteiger partial charge in [0.25, 0.3) is 0 Å². The SMILES string of the molecule is COc1cc(O)c2c(c1O)[C@H](O)[C@H]1C[C@](C)(O)OC[C@H]1C2=O. The molecule has 120 valence electrons. The highest BCUT2D eigenvalue weighted by molar-refractivity contribution is 6.04. The first kappa shape index (κ1) is 15.1. The Kier molecular flexibility index (Phi) is 3.32. The van der Waals surface area contributed by atoms with Gasteiger partial charge >= 0.3 is 0 Å². The number of hydrogen-bond acceptors (Lipinski definition) is 7. The molecule has 1 heterocycles. The summed E-state index contributed by atoms with van der Waals surface area (Å²) in [5.41, 5.74) is -0.169. The zero-order chi connectivity index (χ0) is 16.2. The van der Waals surface area contributed by atoms with Crippen LogP contribution >= 0.6 is 0 Å². The van der Waals surface area contributed by atoms with Crippen molar-refractivity contribution in [3.8, 4) is 17.2 Å². The lowest BCUT2D eigenvalue weighted by Crippen LogP contribution is -2.49. The molecule has 2 aliphatic rings. The van der Waals surface area contributed by atoms with E-state index < -0.39 is 29.5 Å². The van der Waals surface area contributed by atoms with Crippen LogP contribution in [0.5, 0.6) is 17.2 Å². The van der Waals surface area contributed by atoms with Crippen LogP contribution in [0.15, 0.2) is 6.07 Å². The monoisotopic (exact) mass is 310 g/mol. The Morgan fingerprint density at radius 3 is 2.73 bits per heavy atom. The quantitative estimate of drug-likeness (QED) is 0.564. The van der Waals surface area contributed by atoms with E-state index >= 15 is 0 Å². The summed E-state index contributed by atoms with van der Waals surface area (Å²) in [6.07, 6.45) is -1.17. The van der Waals surface area contributed by atoms with Crippen LogP contribution in [0.1, 0.15) is 35.4 Å². The third-order valence-electron chi connectivity index (χ3n) is 4.49. The Morgan fingerprint density at radius 2 is 2.09 bits per heavy atom. The predicted octanol–water partition coefficient (Wildman–Crippen LogP) is 0.697. The zero-order valence-corrected chi connectivity index (χ0v) is 12.2. The Hall–Kier alpha value is -1.83. The minimum Gasteiger partial charge on any atom is -0.507 e. The molecule has 0 radical (unpaired) electrons. The maximum atomic E-state index is 12.6. The molecule has 7 nitrogen and oxygen atoms in total. The van der Waals surface area contributed by atoms with Crippen LogP contribution in [0.3, 0.4) is 0 Å². The topological polar surface area (TPSA) is 116 Å². The van der Waals surface area contributed by atoms with Gasteiger partial charge < -0.3 is 29.9 Å². The molecular formula is C15H18O7. The van der Waals surface area contributed by atoms with E-state index in [0.717, 1.165) is 6.07 Å². The number of aliphatic hydroxyl groups excluding tert-OH is 1. The summed E-state index contributed by atoms with van der Waals surface area (Å²) in [5, 5.41) is 40.9. The number of Topliss-reactive ketones (excluding diaryl/α,β-unsaturated/α-hetero) is 1. The molecule has 0 aromatic heterocycles.